The third-order valence-electron chi connectivity index (χ3n) is 4.32. The van der Waals surface area contributed by atoms with Gasteiger partial charge in [0, 0.05) is 31.4 Å². The Morgan fingerprint density at radius 3 is 2.65 bits per heavy atom. The molecular formula is C17H21FN4O. The lowest BCUT2D eigenvalue weighted by Crippen LogP contribution is -2.44. The Morgan fingerprint density at radius 1 is 1.35 bits per heavy atom. The number of carbonyl (C=O) groups excluding carboxylic acids is 1. The Morgan fingerprint density at radius 2 is 2.04 bits per heavy atom. The smallest absolute Gasteiger partial charge is 0.254 e. The van der Waals surface area contributed by atoms with Crippen molar-refractivity contribution < 1.29 is 9.18 Å². The fourth-order valence-electron chi connectivity index (χ4n) is 2.93. The molecule has 1 aliphatic rings. The first kappa shape index (κ1) is 15.7. The molecule has 2 aromatic rings. The van der Waals surface area contributed by atoms with Gasteiger partial charge in [-0.05, 0) is 37.5 Å². The van der Waals surface area contributed by atoms with Gasteiger partial charge < -0.3 is 5.32 Å². The lowest BCUT2D eigenvalue weighted by Gasteiger charge is -2.32. The number of likely N-dealkylation sites (tertiary alicyclic amines) is 1. The number of nitrogens with zero attached hydrogens (tertiary/aromatic N) is 2. The lowest BCUT2D eigenvalue weighted by molar-refractivity contribution is 0.0908. The summed E-state index contributed by atoms with van der Waals surface area (Å²) in [6.07, 6.45) is 3.40. The van der Waals surface area contributed by atoms with Crippen molar-refractivity contribution in [3.63, 3.8) is 0 Å². The van der Waals surface area contributed by atoms with E-state index in [2.05, 4.69) is 20.4 Å². The van der Waals surface area contributed by atoms with E-state index in [1.165, 1.54) is 12.1 Å². The van der Waals surface area contributed by atoms with Crippen molar-refractivity contribution in [2.45, 2.75) is 32.4 Å². The molecule has 0 unspecified atom stereocenters. The van der Waals surface area contributed by atoms with Gasteiger partial charge in [-0.2, -0.15) is 5.10 Å². The number of hydrogen-bond acceptors (Lipinski definition) is 3. The first-order valence-electron chi connectivity index (χ1n) is 7.89. The zero-order chi connectivity index (χ0) is 16.2. The molecule has 1 aliphatic heterocycles. The molecule has 0 bridgehead atoms. The van der Waals surface area contributed by atoms with Crippen LogP contribution in [0.5, 0.6) is 0 Å². The van der Waals surface area contributed by atoms with E-state index in [1.54, 1.807) is 6.20 Å². The second-order valence-electron chi connectivity index (χ2n) is 6.06. The number of piperidine rings is 1. The number of aryl methyl sites for hydroxylation is 1. The van der Waals surface area contributed by atoms with E-state index < -0.39 is 0 Å². The van der Waals surface area contributed by atoms with Gasteiger partial charge in [-0.1, -0.05) is 12.1 Å². The summed E-state index contributed by atoms with van der Waals surface area (Å²) >= 11 is 0. The van der Waals surface area contributed by atoms with E-state index in [4.69, 9.17) is 0 Å². The third-order valence-corrected chi connectivity index (χ3v) is 4.32. The minimum Gasteiger partial charge on any atom is -0.349 e. The van der Waals surface area contributed by atoms with E-state index in [0.29, 0.717) is 5.56 Å². The van der Waals surface area contributed by atoms with Crippen LogP contribution < -0.4 is 5.32 Å². The summed E-state index contributed by atoms with van der Waals surface area (Å²) in [6.45, 7) is 4.51. The van der Waals surface area contributed by atoms with Crippen molar-refractivity contribution >= 4 is 5.91 Å². The van der Waals surface area contributed by atoms with Gasteiger partial charge in [-0.25, -0.2) is 4.39 Å². The van der Waals surface area contributed by atoms with Gasteiger partial charge >= 0.3 is 0 Å². The van der Waals surface area contributed by atoms with Gasteiger partial charge in [-0.15, -0.1) is 0 Å². The van der Waals surface area contributed by atoms with Crippen molar-refractivity contribution in [2.75, 3.05) is 13.1 Å². The Balaban J connectivity index is 1.48. The number of aromatic amines is 1. The highest BCUT2D eigenvalue weighted by molar-refractivity contribution is 5.95. The van der Waals surface area contributed by atoms with E-state index in [1.807, 2.05) is 19.1 Å². The maximum Gasteiger partial charge on any atom is 0.254 e. The van der Waals surface area contributed by atoms with Crippen LogP contribution in [0.3, 0.4) is 0 Å². The summed E-state index contributed by atoms with van der Waals surface area (Å²) in [5.41, 5.74) is 2.51. The average molecular weight is 316 g/mol. The molecule has 1 saturated heterocycles. The van der Waals surface area contributed by atoms with E-state index in [0.717, 1.165) is 43.7 Å². The van der Waals surface area contributed by atoms with Gasteiger partial charge in [0.1, 0.15) is 5.82 Å². The average Bonchev–Trinajstić information content (AvgIpc) is 2.98. The largest absolute Gasteiger partial charge is 0.349 e. The third kappa shape index (κ3) is 3.96. The summed E-state index contributed by atoms with van der Waals surface area (Å²) < 4.78 is 12.9. The number of rotatable bonds is 4. The van der Waals surface area contributed by atoms with Crippen molar-refractivity contribution in [1.29, 1.82) is 0 Å². The predicted octanol–water partition coefficient (Wildman–Crippen LogP) is 2.25. The van der Waals surface area contributed by atoms with Crippen LogP contribution in [-0.4, -0.2) is 40.1 Å². The molecule has 1 aromatic carbocycles. The molecule has 0 atom stereocenters. The highest BCUT2D eigenvalue weighted by Crippen LogP contribution is 2.15. The van der Waals surface area contributed by atoms with E-state index in [-0.39, 0.29) is 17.8 Å². The Labute approximate surface area is 134 Å². The molecule has 0 aliphatic carbocycles. The summed E-state index contributed by atoms with van der Waals surface area (Å²) in [6, 6.07) is 6.84. The topological polar surface area (TPSA) is 61.0 Å². The maximum absolute atomic E-state index is 12.9. The molecule has 1 fully saturated rings. The van der Waals surface area contributed by atoms with Crippen LogP contribution in [0.25, 0.3) is 0 Å². The molecule has 0 saturated carbocycles. The first-order valence-corrected chi connectivity index (χ1v) is 7.89. The van der Waals surface area contributed by atoms with Gasteiger partial charge in [-0.3, -0.25) is 14.8 Å². The molecule has 122 valence electrons. The number of H-pyrrole nitrogens is 1. The highest BCUT2D eigenvalue weighted by Gasteiger charge is 2.22. The van der Waals surface area contributed by atoms with Crippen molar-refractivity contribution in [1.82, 2.24) is 20.4 Å². The second-order valence-corrected chi connectivity index (χ2v) is 6.06. The Hall–Kier alpha value is -2.21. The van der Waals surface area contributed by atoms with Crippen LogP contribution in [0.15, 0.2) is 30.5 Å². The summed E-state index contributed by atoms with van der Waals surface area (Å²) in [4.78, 5) is 14.5. The SMILES string of the molecule is Cc1[nH]ncc1C(=O)NC1CCN(Cc2ccc(F)cc2)CC1. The van der Waals surface area contributed by atoms with Crippen LogP contribution >= 0.6 is 0 Å². The minimum absolute atomic E-state index is 0.0618. The number of carbonyl (C=O) groups is 1. The number of hydrogen-bond donors (Lipinski definition) is 2. The predicted molar refractivity (Wildman–Crippen MR) is 85.5 cm³/mol. The Kier molecular flexibility index (Phi) is 4.71. The van der Waals surface area contributed by atoms with Crippen LogP contribution in [0.4, 0.5) is 4.39 Å². The molecule has 1 amide bonds. The van der Waals surface area contributed by atoms with Gasteiger partial charge in [0.25, 0.3) is 5.91 Å². The zero-order valence-electron chi connectivity index (χ0n) is 13.2. The molecule has 1 aromatic heterocycles. The lowest BCUT2D eigenvalue weighted by atomic mass is 10.0. The normalized spacial score (nSPS) is 16.4. The van der Waals surface area contributed by atoms with Gasteiger partial charge in [0.2, 0.25) is 0 Å². The molecule has 0 radical (unpaired) electrons. The first-order chi connectivity index (χ1) is 11.1. The van der Waals surface area contributed by atoms with Crippen molar-refractivity contribution in [3.8, 4) is 0 Å². The minimum atomic E-state index is -0.204. The molecule has 2 heterocycles. The van der Waals surface area contributed by atoms with Crippen molar-refractivity contribution in [2.24, 2.45) is 0 Å². The molecular weight excluding hydrogens is 295 g/mol. The molecule has 5 nitrogen and oxygen atoms in total. The molecule has 23 heavy (non-hydrogen) atoms. The van der Waals surface area contributed by atoms with E-state index >= 15 is 0 Å². The Bertz CT molecular complexity index is 659. The highest BCUT2D eigenvalue weighted by atomic mass is 19.1. The number of halogens is 1. The summed E-state index contributed by atoms with van der Waals surface area (Å²) in [5.74, 6) is -0.266. The fourth-order valence-corrected chi connectivity index (χ4v) is 2.93. The molecule has 3 rings (SSSR count). The monoisotopic (exact) mass is 316 g/mol. The maximum atomic E-state index is 12.9. The fraction of sp³-hybridized carbons (Fsp3) is 0.412. The number of nitrogens with one attached hydrogen (secondary N) is 2. The molecule has 6 heteroatoms. The molecule has 0 spiro atoms. The number of benzene rings is 1. The van der Waals surface area contributed by atoms with Crippen LogP contribution in [-0.2, 0) is 6.54 Å². The van der Waals surface area contributed by atoms with Crippen LogP contribution in [0.2, 0.25) is 0 Å². The van der Waals surface area contributed by atoms with Gasteiger partial charge in [0.05, 0.1) is 11.8 Å². The van der Waals surface area contributed by atoms with Crippen LogP contribution in [0.1, 0.15) is 34.5 Å². The summed E-state index contributed by atoms with van der Waals surface area (Å²) in [7, 11) is 0. The van der Waals surface area contributed by atoms with E-state index in [9.17, 15) is 9.18 Å². The quantitative estimate of drug-likeness (QED) is 0.909. The number of amides is 1. The van der Waals surface area contributed by atoms with Crippen LogP contribution in [0, 0.1) is 12.7 Å². The number of aromatic nitrogens is 2. The molecule has 2 N–H and O–H groups in total. The zero-order valence-corrected chi connectivity index (χ0v) is 13.2. The second kappa shape index (κ2) is 6.91. The standard InChI is InChI=1S/C17H21FN4O/c1-12-16(10-19-21-12)17(23)20-15-6-8-22(9-7-15)11-13-2-4-14(18)5-3-13/h2-5,10,15H,6-9,11H2,1H3,(H,19,21)(H,20,23). The van der Waals surface area contributed by atoms with Crippen molar-refractivity contribution in [3.05, 3.63) is 53.1 Å². The van der Waals surface area contributed by atoms with Gasteiger partial charge in [0.15, 0.2) is 0 Å². The summed E-state index contributed by atoms with van der Waals surface area (Å²) in [5, 5.41) is 9.74.